The molecular weight excluding hydrogens is 349 g/mol. The van der Waals surface area contributed by atoms with Crippen LogP contribution in [0.5, 0.6) is 5.75 Å². The summed E-state index contributed by atoms with van der Waals surface area (Å²) in [7, 11) is 0. The smallest absolute Gasteiger partial charge is 0.434 e. The number of halogens is 3. The Morgan fingerprint density at radius 2 is 1.96 bits per heavy atom. The number of aromatic hydroxyl groups is 1. The second-order valence-electron chi connectivity index (χ2n) is 5.65. The van der Waals surface area contributed by atoms with E-state index < -0.39 is 17.8 Å². The molecule has 0 saturated heterocycles. The van der Waals surface area contributed by atoms with Gasteiger partial charge in [0, 0.05) is 5.56 Å². The van der Waals surface area contributed by atoms with Gasteiger partial charge in [0.05, 0.1) is 28.5 Å². The summed E-state index contributed by atoms with van der Waals surface area (Å²) < 4.78 is 39.2. The van der Waals surface area contributed by atoms with Crippen molar-refractivity contribution < 1.29 is 23.1 Å². The third-order valence-corrected chi connectivity index (χ3v) is 4.01. The van der Waals surface area contributed by atoms with Gasteiger partial charge in [0.2, 0.25) is 0 Å². The van der Waals surface area contributed by atoms with E-state index in [1.54, 1.807) is 13.0 Å². The predicted octanol–water partition coefficient (Wildman–Crippen LogP) is 3.01. The van der Waals surface area contributed by atoms with E-state index in [0.29, 0.717) is 17.3 Å². The zero-order valence-corrected chi connectivity index (χ0v) is 13.4. The van der Waals surface area contributed by atoms with Gasteiger partial charge in [0.25, 0.3) is 5.91 Å². The number of nitrogens with zero attached hydrogens (tertiary/aromatic N) is 2. The van der Waals surface area contributed by atoms with E-state index in [0.717, 1.165) is 0 Å². The number of carbonyl (C=O) groups is 1. The molecule has 0 atom stereocenters. The zero-order chi connectivity index (χ0) is 19.2. The summed E-state index contributed by atoms with van der Waals surface area (Å²) >= 11 is 0. The van der Waals surface area contributed by atoms with E-state index in [9.17, 15) is 23.1 Å². The number of benzene rings is 2. The molecule has 0 radical (unpaired) electrons. The number of anilines is 1. The summed E-state index contributed by atoms with van der Waals surface area (Å²) in [6.07, 6.45) is -4.13. The Balaban J connectivity index is 2.49. The fourth-order valence-electron chi connectivity index (χ4n) is 2.67. The van der Waals surface area contributed by atoms with Gasteiger partial charge in [0.1, 0.15) is 5.75 Å². The van der Waals surface area contributed by atoms with Crippen molar-refractivity contribution in [3.63, 3.8) is 0 Å². The topological polar surface area (TPSA) is 115 Å². The van der Waals surface area contributed by atoms with Crippen molar-refractivity contribution in [2.75, 3.05) is 5.73 Å². The molecule has 0 spiro atoms. The average molecular weight is 362 g/mol. The van der Waals surface area contributed by atoms with Crippen LogP contribution in [0, 0.1) is 6.92 Å². The number of rotatable bonds is 2. The van der Waals surface area contributed by atoms with Crippen LogP contribution in [0.2, 0.25) is 0 Å². The first-order valence-corrected chi connectivity index (χ1v) is 7.36. The van der Waals surface area contributed by atoms with E-state index in [1.165, 1.54) is 18.2 Å². The van der Waals surface area contributed by atoms with Crippen molar-refractivity contribution in [1.82, 2.24) is 9.97 Å². The van der Waals surface area contributed by atoms with E-state index in [1.807, 2.05) is 0 Å². The Hall–Kier alpha value is -3.36. The molecule has 26 heavy (non-hydrogen) atoms. The number of fused-ring (bicyclic) bond motifs is 1. The quantitative estimate of drug-likeness (QED) is 0.606. The molecule has 0 unspecified atom stereocenters. The van der Waals surface area contributed by atoms with Crippen molar-refractivity contribution in [1.29, 1.82) is 0 Å². The van der Waals surface area contributed by atoms with Gasteiger partial charge >= 0.3 is 6.18 Å². The van der Waals surface area contributed by atoms with E-state index in [2.05, 4.69) is 9.97 Å². The lowest BCUT2D eigenvalue weighted by molar-refractivity contribution is -0.141. The van der Waals surface area contributed by atoms with Gasteiger partial charge in [-0.05, 0) is 30.2 Å². The number of phenolic OH excluding ortho intramolecular Hbond substituents is 1. The number of amides is 1. The van der Waals surface area contributed by atoms with Gasteiger partial charge in [-0.25, -0.2) is 4.98 Å². The maximum Gasteiger partial charge on any atom is 0.434 e. The third-order valence-electron chi connectivity index (χ3n) is 4.01. The minimum atomic E-state index is -4.70. The van der Waals surface area contributed by atoms with Crippen LogP contribution in [-0.2, 0) is 6.18 Å². The molecule has 0 bridgehead atoms. The first-order valence-electron chi connectivity index (χ1n) is 7.36. The number of carbonyl (C=O) groups excluding carboxylic acids is 1. The Kier molecular flexibility index (Phi) is 3.94. The molecule has 1 aromatic heterocycles. The number of hydrogen-bond acceptors (Lipinski definition) is 5. The van der Waals surface area contributed by atoms with Crippen LogP contribution in [0.25, 0.3) is 22.2 Å². The second-order valence-corrected chi connectivity index (χ2v) is 5.65. The summed E-state index contributed by atoms with van der Waals surface area (Å²) in [5, 5.41) is 9.94. The number of nitrogens with two attached hydrogens (primary N) is 2. The number of phenols is 1. The summed E-state index contributed by atoms with van der Waals surface area (Å²) in [6.45, 7) is 1.56. The van der Waals surface area contributed by atoms with Crippen LogP contribution in [0.1, 0.15) is 21.6 Å². The van der Waals surface area contributed by atoms with Gasteiger partial charge in [-0.2, -0.15) is 13.2 Å². The lowest BCUT2D eigenvalue weighted by Gasteiger charge is -2.16. The minimum absolute atomic E-state index is 0.0266. The Labute approximate surface area is 145 Å². The van der Waals surface area contributed by atoms with Crippen LogP contribution in [0.15, 0.2) is 30.5 Å². The van der Waals surface area contributed by atoms with Crippen molar-refractivity contribution in [3.05, 3.63) is 47.3 Å². The standard InChI is InChI=1S/C17H13F3N4O2/c1-7-8(3-2-4-11(7)25)13-14(21)9(16(22)26)5-10-15(13)24-12(6-23-10)17(18,19)20/h2-6,25H,21H2,1H3,(H2,22,26). The summed E-state index contributed by atoms with van der Waals surface area (Å²) in [4.78, 5) is 19.1. The molecule has 3 rings (SSSR count). The van der Waals surface area contributed by atoms with Crippen LogP contribution in [0.3, 0.4) is 0 Å². The SMILES string of the molecule is Cc1c(O)cccc1-c1c(N)c(C(N)=O)cc2ncc(C(F)(F)F)nc12. The van der Waals surface area contributed by atoms with E-state index in [4.69, 9.17) is 11.5 Å². The highest BCUT2D eigenvalue weighted by atomic mass is 19.4. The fraction of sp³-hybridized carbons (Fsp3) is 0.118. The molecule has 9 heteroatoms. The van der Waals surface area contributed by atoms with Crippen molar-refractivity contribution in [2.24, 2.45) is 5.73 Å². The first-order chi connectivity index (χ1) is 12.1. The van der Waals surface area contributed by atoms with Crippen molar-refractivity contribution >= 4 is 22.6 Å². The van der Waals surface area contributed by atoms with Crippen LogP contribution < -0.4 is 11.5 Å². The van der Waals surface area contributed by atoms with Crippen molar-refractivity contribution in [2.45, 2.75) is 13.1 Å². The van der Waals surface area contributed by atoms with Gasteiger partial charge in [-0.15, -0.1) is 0 Å². The predicted molar refractivity (Wildman–Crippen MR) is 89.3 cm³/mol. The first kappa shape index (κ1) is 17.5. The molecule has 3 aromatic rings. The van der Waals surface area contributed by atoms with Crippen LogP contribution >= 0.6 is 0 Å². The van der Waals surface area contributed by atoms with Crippen LogP contribution in [-0.4, -0.2) is 21.0 Å². The molecule has 1 heterocycles. The summed E-state index contributed by atoms with van der Waals surface area (Å²) in [5.41, 5.74) is 10.6. The summed E-state index contributed by atoms with van der Waals surface area (Å²) in [5.74, 6) is -0.940. The molecular formula is C17H13F3N4O2. The lowest BCUT2D eigenvalue weighted by atomic mass is 9.94. The molecule has 134 valence electrons. The van der Waals surface area contributed by atoms with Gasteiger partial charge < -0.3 is 16.6 Å². The van der Waals surface area contributed by atoms with Crippen LogP contribution in [0.4, 0.5) is 18.9 Å². The van der Waals surface area contributed by atoms with Gasteiger partial charge in [-0.1, -0.05) is 12.1 Å². The number of aromatic nitrogens is 2. The average Bonchev–Trinajstić information content (AvgIpc) is 2.56. The monoisotopic (exact) mass is 362 g/mol. The number of primary amides is 1. The molecule has 2 aromatic carbocycles. The largest absolute Gasteiger partial charge is 0.508 e. The summed E-state index contributed by atoms with van der Waals surface area (Å²) in [6, 6.07) is 5.66. The zero-order valence-electron chi connectivity index (χ0n) is 13.4. The molecule has 0 aliphatic heterocycles. The highest BCUT2D eigenvalue weighted by Gasteiger charge is 2.34. The maximum atomic E-state index is 13.1. The third kappa shape index (κ3) is 2.77. The molecule has 6 nitrogen and oxygen atoms in total. The Morgan fingerprint density at radius 3 is 2.58 bits per heavy atom. The fourth-order valence-corrected chi connectivity index (χ4v) is 2.67. The Morgan fingerprint density at radius 1 is 1.27 bits per heavy atom. The second kappa shape index (κ2) is 5.87. The maximum absolute atomic E-state index is 13.1. The molecule has 0 saturated carbocycles. The molecule has 0 fully saturated rings. The number of alkyl halides is 3. The lowest BCUT2D eigenvalue weighted by Crippen LogP contribution is -2.15. The molecule has 0 aliphatic rings. The van der Waals surface area contributed by atoms with E-state index in [-0.39, 0.29) is 33.6 Å². The van der Waals surface area contributed by atoms with E-state index >= 15 is 0 Å². The van der Waals surface area contributed by atoms with Crippen molar-refractivity contribution in [3.8, 4) is 16.9 Å². The van der Waals surface area contributed by atoms with Gasteiger partial charge in [0.15, 0.2) is 5.69 Å². The molecule has 1 amide bonds. The van der Waals surface area contributed by atoms with Gasteiger partial charge in [-0.3, -0.25) is 9.78 Å². The minimum Gasteiger partial charge on any atom is -0.508 e. The molecule has 0 aliphatic carbocycles. The highest BCUT2D eigenvalue weighted by molar-refractivity contribution is 6.10. The Bertz CT molecular complexity index is 1050. The molecule has 5 N–H and O–H groups in total. The normalized spacial score (nSPS) is 11.7. The number of hydrogen-bond donors (Lipinski definition) is 3. The number of nitrogen functional groups attached to an aromatic ring is 1. The highest BCUT2D eigenvalue weighted by Crippen LogP contribution is 2.39.